The Morgan fingerprint density at radius 1 is 0.314 bits per heavy atom. The zero-order chi connectivity index (χ0) is 33.7. The molecule has 0 saturated heterocycles. The van der Waals surface area contributed by atoms with Crippen LogP contribution in [0.5, 0.6) is 0 Å². The van der Waals surface area contributed by atoms with Crippen molar-refractivity contribution in [2.75, 3.05) is 0 Å². The van der Waals surface area contributed by atoms with E-state index in [1.54, 1.807) is 11.3 Å². The molecule has 0 bridgehead atoms. The maximum Gasteiger partial charge on any atom is 0.124 e. The third-order valence-corrected chi connectivity index (χ3v) is 10.6. The normalized spacial score (nSPS) is 11.5. The van der Waals surface area contributed by atoms with E-state index in [1.807, 2.05) is 42.9 Å². The molecule has 0 unspecified atom stereocenters. The third-order valence-electron chi connectivity index (χ3n) is 9.51. The number of thiazole rings is 1. The summed E-state index contributed by atoms with van der Waals surface area (Å²) in [7, 11) is 0. The molecular formula is C46H28N4S. The Morgan fingerprint density at radius 2 is 0.667 bits per heavy atom. The van der Waals surface area contributed by atoms with Gasteiger partial charge in [0.1, 0.15) is 5.01 Å². The molecule has 51 heavy (non-hydrogen) atoms. The highest BCUT2D eigenvalue weighted by Gasteiger charge is 2.15. The smallest absolute Gasteiger partial charge is 0.124 e. The Kier molecular flexibility index (Phi) is 6.96. The first-order valence-corrected chi connectivity index (χ1v) is 17.7. The van der Waals surface area contributed by atoms with Gasteiger partial charge in [-0.25, -0.2) is 4.98 Å². The highest BCUT2D eigenvalue weighted by Crippen LogP contribution is 2.39. The monoisotopic (exact) mass is 668 g/mol. The number of benzene rings is 6. The molecule has 0 amide bonds. The van der Waals surface area contributed by atoms with Gasteiger partial charge in [0.15, 0.2) is 0 Å². The van der Waals surface area contributed by atoms with Crippen LogP contribution < -0.4 is 0 Å². The lowest BCUT2D eigenvalue weighted by atomic mass is 9.91. The van der Waals surface area contributed by atoms with Crippen molar-refractivity contribution < 1.29 is 0 Å². The van der Waals surface area contributed by atoms with Crippen LogP contribution in [0, 0.1) is 0 Å². The lowest BCUT2D eigenvalue weighted by molar-refractivity contribution is 1.40. The highest BCUT2D eigenvalue weighted by molar-refractivity contribution is 7.21. The molecule has 10 rings (SSSR count). The van der Waals surface area contributed by atoms with Gasteiger partial charge in [-0.2, -0.15) is 0 Å². The Hall–Kier alpha value is -6.56. The predicted octanol–water partition coefficient (Wildman–Crippen LogP) is 12.3. The van der Waals surface area contributed by atoms with E-state index in [4.69, 9.17) is 19.9 Å². The van der Waals surface area contributed by atoms with Crippen LogP contribution >= 0.6 is 11.3 Å². The van der Waals surface area contributed by atoms with Gasteiger partial charge < -0.3 is 0 Å². The molecule has 0 N–H and O–H groups in total. The Labute approximate surface area is 298 Å². The molecule has 0 saturated carbocycles. The third kappa shape index (κ3) is 5.50. The van der Waals surface area contributed by atoms with E-state index in [2.05, 4.69) is 127 Å². The van der Waals surface area contributed by atoms with Crippen LogP contribution in [0.15, 0.2) is 170 Å². The molecule has 0 aliphatic rings. The SMILES string of the molecule is c1ccc2ncc(-c3cc(-c4cc(-c5cnc6ccccc6c5)cc(-c5nc6ccccc6s5)c4)cc(-c4cnc5ccccc5c4)c3)cc2c1. The molecule has 0 fully saturated rings. The average molecular weight is 669 g/mol. The van der Waals surface area contributed by atoms with Crippen molar-refractivity contribution in [1.29, 1.82) is 0 Å². The van der Waals surface area contributed by atoms with Crippen LogP contribution in [0.1, 0.15) is 0 Å². The second-order valence-corrected chi connectivity index (χ2v) is 13.9. The van der Waals surface area contributed by atoms with Crippen molar-refractivity contribution in [3.63, 3.8) is 0 Å². The van der Waals surface area contributed by atoms with E-state index >= 15 is 0 Å². The van der Waals surface area contributed by atoms with Gasteiger partial charge in [-0.15, -0.1) is 11.3 Å². The van der Waals surface area contributed by atoms with E-state index < -0.39 is 0 Å². The van der Waals surface area contributed by atoms with Gasteiger partial charge in [-0.1, -0.05) is 66.7 Å². The van der Waals surface area contributed by atoms with Crippen molar-refractivity contribution >= 4 is 54.3 Å². The summed E-state index contributed by atoms with van der Waals surface area (Å²) in [5, 5.41) is 4.32. The van der Waals surface area contributed by atoms with E-state index in [0.717, 1.165) is 93.3 Å². The predicted molar refractivity (Wildman–Crippen MR) is 213 cm³/mol. The molecule has 10 aromatic rings. The van der Waals surface area contributed by atoms with Gasteiger partial charge in [-0.3, -0.25) is 15.0 Å². The number of hydrogen-bond acceptors (Lipinski definition) is 5. The number of para-hydroxylation sites is 4. The van der Waals surface area contributed by atoms with Crippen molar-refractivity contribution in [2.24, 2.45) is 0 Å². The Balaban J connectivity index is 1.21. The number of rotatable bonds is 5. The molecule has 0 radical (unpaired) electrons. The molecule has 238 valence electrons. The van der Waals surface area contributed by atoms with Gasteiger partial charge in [0.2, 0.25) is 0 Å². The maximum absolute atomic E-state index is 5.08. The Morgan fingerprint density at radius 3 is 1.10 bits per heavy atom. The number of fused-ring (bicyclic) bond motifs is 4. The van der Waals surface area contributed by atoms with E-state index in [9.17, 15) is 0 Å². The molecule has 4 nitrogen and oxygen atoms in total. The van der Waals surface area contributed by atoms with Crippen molar-refractivity contribution in [2.45, 2.75) is 0 Å². The van der Waals surface area contributed by atoms with E-state index in [-0.39, 0.29) is 0 Å². The van der Waals surface area contributed by atoms with Crippen LogP contribution in [0.4, 0.5) is 0 Å². The molecule has 0 spiro atoms. The van der Waals surface area contributed by atoms with Crippen LogP contribution in [-0.4, -0.2) is 19.9 Å². The van der Waals surface area contributed by atoms with Gasteiger partial charge in [0.25, 0.3) is 0 Å². The Bertz CT molecular complexity index is 2810. The first-order valence-electron chi connectivity index (χ1n) is 16.9. The molecule has 5 heteroatoms. The lowest BCUT2D eigenvalue weighted by Gasteiger charge is -2.14. The van der Waals surface area contributed by atoms with Crippen LogP contribution in [0.2, 0.25) is 0 Å². The number of hydrogen-bond donors (Lipinski definition) is 0. The van der Waals surface area contributed by atoms with Crippen molar-refractivity contribution in [3.8, 4) is 55.1 Å². The number of pyridine rings is 3. The molecule has 4 heterocycles. The summed E-state index contributed by atoms with van der Waals surface area (Å²) in [6.07, 6.45) is 5.94. The first kappa shape index (κ1) is 29.4. The largest absolute Gasteiger partial charge is 0.256 e. The van der Waals surface area contributed by atoms with Crippen molar-refractivity contribution in [1.82, 2.24) is 19.9 Å². The van der Waals surface area contributed by atoms with Gasteiger partial charge in [0, 0.05) is 57.0 Å². The van der Waals surface area contributed by atoms with Crippen LogP contribution in [0.3, 0.4) is 0 Å². The summed E-state index contributed by atoms with van der Waals surface area (Å²) in [5.41, 5.74) is 13.7. The van der Waals surface area contributed by atoms with E-state index in [1.165, 1.54) is 4.70 Å². The zero-order valence-corrected chi connectivity index (χ0v) is 28.2. The summed E-state index contributed by atoms with van der Waals surface area (Å²) in [4.78, 5) is 19.6. The number of nitrogens with zero attached hydrogens (tertiary/aromatic N) is 4. The zero-order valence-electron chi connectivity index (χ0n) is 27.4. The molecular weight excluding hydrogens is 641 g/mol. The molecule has 0 aliphatic heterocycles. The van der Waals surface area contributed by atoms with Crippen LogP contribution in [0.25, 0.3) is 98.0 Å². The first-order chi connectivity index (χ1) is 25.2. The number of aromatic nitrogens is 4. The van der Waals surface area contributed by atoms with Gasteiger partial charge in [-0.05, 0) is 113 Å². The molecule has 6 aromatic carbocycles. The molecule has 4 aromatic heterocycles. The molecule has 0 atom stereocenters. The van der Waals surface area contributed by atoms with Crippen LogP contribution in [-0.2, 0) is 0 Å². The summed E-state index contributed by atoms with van der Waals surface area (Å²) in [6.45, 7) is 0. The highest BCUT2D eigenvalue weighted by atomic mass is 32.1. The van der Waals surface area contributed by atoms with Gasteiger partial charge in [0.05, 0.1) is 26.8 Å². The quantitative estimate of drug-likeness (QED) is 0.183. The summed E-state index contributed by atoms with van der Waals surface area (Å²) >= 11 is 1.72. The minimum absolute atomic E-state index is 0.980. The van der Waals surface area contributed by atoms with Gasteiger partial charge >= 0.3 is 0 Å². The summed E-state index contributed by atoms with van der Waals surface area (Å²) in [5.74, 6) is 0. The topological polar surface area (TPSA) is 51.6 Å². The average Bonchev–Trinajstić information content (AvgIpc) is 3.65. The fourth-order valence-corrected chi connectivity index (χ4v) is 7.85. The summed E-state index contributed by atoms with van der Waals surface area (Å²) < 4.78 is 1.17. The minimum atomic E-state index is 0.980. The maximum atomic E-state index is 5.08. The second-order valence-electron chi connectivity index (χ2n) is 12.8. The fraction of sp³-hybridized carbons (Fsp3) is 0. The second kappa shape index (κ2) is 12.1. The van der Waals surface area contributed by atoms with E-state index in [0.29, 0.717) is 0 Å². The lowest BCUT2D eigenvalue weighted by Crippen LogP contribution is -1.91. The fourth-order valence-electron chi connectivity index (χ4n) is 6.89. The van der Waals surface area contributed by atoms with Crippen molar-refractivity contribution in [3.05, 3.63) is 170 Å². The summed E-state index contributed by atoms with van der Waals surface area (Å²) in [6, 6.07) is 53.4. The molecule has 0 aliphatic carbocycles. The standard InChI is InChI=1S/C46H28N4S/c1-4-12-41-29(9-1)17-38(26-47-41)34-20-32(21-35(23-34)39-18-30-10-2-5-13-42(30)48-27-39)33-22-36(40-19-31-11-3-6-14-43(31)49-28-40)25-37(24-33)46-50-44-15-7-8-16-45(44)51-46/h1-28H. The minimum Gasteiger partial charge on any atom is -0.256 e.